The summed E-state index contributed by atoms with van der Waals surface area (Å²) in [5.74, 6) is -1.56. The summed E-state index contributed by atoms with van der Waals surface area (Å²) < 4.78 is 22.5. The van der Waals surface area contributed by atoms with Crippen LogP contribution in [0.5, 0.6) is 17.2 Å². The van der Waals surface area contributed by atoms with Crippen molar-refractivity contribution in [3.05, 3.63) is 144 Å². The lowest BCUT2D eigenvalue weighted by Gasteiger charge is -2.12. The molecule has 10 nitrogen and oxygen atoms in total. The quantitative estimate of drug-likeness (QED) is 0.0499. The highest BCUT2D eigenvalue weighted by Gasteiger charge is 2.16. The minimum absolute atomic E-state index is 0.0772. The number of aromatic nitrogens is 1. The van der Waals surface area contributed by atoms with Gasteiger partial charge in [0.25, 0.3) is 0 Å². The molecule has 0 saturated heterocycles. The first-order valence-corrected chi connectivity index (χ1v) is 16.4. The number of aliphatic imine (C=N–C) groups is 1. The van der Waals surface area contributed by atoms with Crippen LogP contribution in [-0.2, 0) is 20.7 Å². The Morgan fingerprint density at radius 2 is 1.42 bits per heavy atom. The zero-order valence-electron chi connectivity index (χ0n) is 27.1. The number of fused-ring (bicyclic) bond motifs is 1. The molecule has 0 radical (unpaired) electrons. The highest BCUT2D eigenvalue weighted by Crippen LogP contribution is 2.31. The van der Waals surface area contributed by atoms with Gasteiger partial charge in [0.05, 0.1) is 28.0 Å². The van der Waals surface area contributed by atoms with E-state index in [0.29, 0.717) is 24.0 Å². The molecule has 4 aromatic carbocycles. The summed E-state index contributed by atoms with van der Waals surface area (Å²) in [5, 5.41) is 0.871. The van der Waals surface area contributed by atoms with Gasteiger partial charge in [-0.15, -0.1) is 11.3 Å². The predicted molar refractivity (Wildman–Crippen MR) is 190 cm³/mol. The van der Waals surface area contributed by atoms with Gasteiger partial charge in [-0.05, 0) is 84.8 Å². The Morgan fingerprint density at radius 3 is 2.02 bits per heavy atom. The third-order valence-electron chi connectivity index (χ3n) is 7.23. The van der Waals surface area contributed by atoms with E-state index < -0.39 is 23.9 Å². The van der Waals surface area contributed by atoms with Crippen LogP contribution >= 0.6 is 11.3 Å². The van der Waals surface area contributed by atoms with Crippen molar-refractivity contribution < 1.29 is 38.1 Å². The van der Waals surface area contributed by atoms with E-state index in [1.54, 1.807) is 29.7 Å². The molecule has 0 aliphatic rings. The van der Waals surface area contributed by atoms with Crippen LogP contribution in [0.2, 0.25) is 0 Å². The fourth-order valence-electron chi connectivity index (χ4n) is 4.63. The maximum atomic E-state index is 13.1. The number of carbonyl (C=O) groups is 4. The van der Waals surface area contributed by atoms with Crippen LogP contribution in [0.1, 0.15) is 56.2 Å². The van der Waals surface area contributed by atoms with Crippen molar-refractivity contribution >= 4 is 51.6 Å². The molecule has 0 spiro atoms. The molecule has 50 heavy (non-hydrogen) atoms. The van der Waals surface area contributed by atoms with Crippen molar-refractivity contribution in [2.24, 2.45) is 4.99 Å². The van der Waals surface area contributed by atoms with Crippen molar-refractivity contribution in [1.29, 1.82) is 0 Å². The van der Waals surface area contributed by atoms with Crippen LogP contribution in [0.25, 0.3) is 10.2 Å². The molecular weight excluding hydrogens is 657 g/mol. The highest BCUT2D eigenvalue weighted by atomic mass is 32.1. The first kappa shape index (κ1) is 35.1. The average molecular weight is 689 g/mol. The number of thiazole rings is 1. The fourth-order valence-corrected chi connectivity index (χ4v) is 5.73. The van der Waals surface area contributed by atoms with Gasteiger partial charge >= 0.3 is 23.9 Å². The molecule has 1 unspecified atom stereocenters. The largest absolute Gasteiger partial charge is 0.462 e. The molecule has 11 heteroatoms. The Labute approximate surface area is 292 Å². The molecule has 5 aromatic rings. The van der Waals surface area contributed by atoms with Crippen LogP contribution in [-0.4, -0.2) is 41.7 Å². The van der Waals surface area contributed by atoms with E-state index in [0.717, 1.165) is 32.9 Å². The van der Waals surface area contributed by atoms with Crippen LogP contribution in [0.15, 0.2) is 121 Å². The van der Waals surface area contributed by atoms with E-state index in [1.165, 1.54) is 48.5 Å². The molecule has 5 rings (SSSR count). The maximum Gasteiger partial charge on any atom is 0.343 e. The molecule has 0 bridgehead atoms. The van der Waals surface area contributed by atoms with Gasteiger partial charge in [0.2, 0.25) is 0 Å². The number of ether oxygens (including phenoxy) is 4. The van der Waals surface area contributed by atoms with Gasteiger partial charge < -0.3 is 18.9 Å². The van der Waals surface area contributed by atoms with E-state index in [2.05, 4.69) is 13.2 Å². The van der Waals surface area contributed by atoms with Crippen molar-refractivity contribution in [1.82, 2.24) is 4.98 Å². The van der Waals surface area contributed by atoms with Gasteiger partial charge in [-0.25, -0.2) is 24.2 Å². The Bertz CT molecular complexity index is 2030. The highest BCUT2D eigenvalue weighted by molar-refractivity contribution is 7.18. The Morgan fingerprint density at radius 1 is 0.800 bits per heavy atom. The fraction of sp³-hybridized carbons (Fsp3) is 0.128. The predicted octanol–water partition coefficient (Wildman–Crippen LogP) is 7.67. The molecule has 0 fully saturated rings. The topological polar surface area (TPSA) is 130 Å². The number of hydrogen-bond donors (Lipinski definition) is 0. The van der Waals surface area contributed by atoms with Crippen molar-refractivity contribution in [3.8, 4) is 17.2 Å². The number of benzene rings is 4. The minimum atomic E-state index is -0.619. The van der Waals surface area contributed by atoms with Crippen LogP contribution in [0, 0.1) is 0 Å². The third kappa shape index (κ3) is 9.24. The van der Waals surface area contributed by atoms with Gasteiger partial charge in [-0.3, -0.25) is 4.99 Å². The van der Waals surface area contributed by atoms with Crippen LogP contribution < -0.4 is 14.2 Å². The number of esters is 4. The van der Waals surface area contributed by atoms with E-state index in [9.17, 15) is 19.2 Å². The second-order valence-corrected chi connectivity index (χ2v) is 11.7. The summed E-state index contributed by atoms with van der Waals surface area (Å²) in [6.07, 6.45) is 4.82. The first-order chi connectivity index (χ1) is 24.3. The van der Waals surface area contributed by atoms with Gasteiger partial charge in [0.1, 0.15) is 28.3 Å². The van der Waals surface area contributed by atoms with Gasteiger partial charge in [0.15, 0.2) is 0 Å². The molecule has 252 valence electrons. The van der Waals surface area contributed by atoms with Gasteiger partial charge in [0, 0.05) is 30.4 Å². The van der Waals surface area contributed by atoms with Gasteiger partial charge in [-0.2, -0.15) is 0 Å². The smallest absolute Gasteiger partial charge is 0.343 e. The normalized spacial score (nSPS) is 11.5. The number of nitrogens with zero attached hydrogens (tertiary/aromatic N) is 2. The zero-order chi connectivity index (χ0) is 35.5. The second kappa shape index (κ2) is 16.8. The van der Waals surface area contributed by atoms with Crippen molar-refractivity contribution in [3.63, 3.8) is 0 Å². The molecule has 0 aliphatic heterocycles. The zero-order valence-corrected chi connectivity index (χ0v) is 27.9. The third-order valence-corrected chi connectivity index (χ3v) is 8.36. The maximum absolute atomic E-state index is 13.1. The van der Waals surface area contributed by atoms with Crippen molar-refractivity contribution in [2.45, 2.75) is 25.8 Å². The molecule has 0 amide bonds. The lowest BCUT2D eigenvalue weighted by atomic mass is 10.1. The molecule has 0 aliphatic carbocycles. The summed E-state index contributed by atoms with van der Waals surface area (Å²) in [5.41, 5.74) is 2.81. The number of carbonyl (C=O) groups excluding carboxylic acids is 4. The number of hydrogen-bond acceptors (Lipinski definition) is 11. The van der Waals surface area contributed by atoms with Crippen LogP contribution in [0.4, 0.5) is 0 Å². The monoisotopic (exact) mass is 688 g/mol. The first-order valence-electron chi connectivity index (χ1n) is 15.6. The van der Waals surface area contributed by atoms with E-state index >= 15 is 0 Å². The number of para-hydroxylation sites is 1. The SMILES string of the molecule is C=CC(=O)Oc1ccc(C(=O)OCCc2ccc(OC(=O)c3ccc(OC(=O)C=C)cc3)c(C=NC(CC)c3nc4ccccc4s3)c2)cc1. The summed E-state index contributed by atoms with van der Waals surface area (Å²) in [7, 11) is 0. The second-order valence-electron chi connectivity index (χ2n) is 10.7. The molecule has 1 atom stereocenters. The van der Waals surface area contributed by atoms with E-state index in [1.807, 2.05) is 37.3 Å². The molecular formula is C39H32N2O8S. The van der Waals surface area contributed by atoms with Gasteiger partial charge in [-0.1, -0.05) is 38.3 Å². The average Bonchev–Trinajstić information content (AvgIpc) is 3.57. The Kier molecular flexibility index (Phi) is 11.8. The van der Waals surface area contributed by atoms with Crippen LogP contribution in [0.3, 0.4) is 0 Å². The minimum Gasteiger partial charge on any atom is -0.462 e. The molecule has 0 saturated carbocycles. The Hall–Kier alpha value is -6.20. The lowest BCUT2D eigenvalue weighted by molar-refractivity contribution is -0.129. The lowest BCUT2D eigenvalue weighted by Crippen LogP contribution is -2.11. The summed E-state index contributed by atoms with van der Waals surface area (Å²) in [4.78, 5) is 58.3. The summed E-state index contributed by atoms with van der Waals surface area (Å²) in [6.45, 7) is 8.83. The Balaban J connectivity index is 1.32. The molecule has 0 N–H and O–H groups in total. The number of rotatable bonds is 14. The standard InChI is InChI=1S/C39H32N2O8S/c1-4-31(37-41-32-9-7-8-10-34(32)50-37)40-24-28-23-25(21-22-46-38(44)26-12-16-29(17-13-26)47-35(42)5-2)11-20-33(28)49-39(45)27-14-18-30(19-15-27)48-36(43)6-3/h5-20,23-24,31H,2-4,21-22H2,1H3. The molecule has 1 heterocycles. The summed E-state index contributed by atoms with van der Waals surface area (Å²) >= 11 is 1.58. The van der Waals surface area contributed by atoms with E-state index in [4.69, 9.17) is 28.9 Å². The molecule has 1 aromatic heterocycles. The summed E-state index contributed by atoms with van der Waals surface area (Å²) in [6, 6.07) is 24.9. The van der Waals surface area contributed by atoms with Crippen molar-refractivity contribution in [2.75, 3.05) is 6.61 Å². The van der Waals surface area contributed by atoms with E-state index in [-0.39, 0.29) is 35.5 Å².